The summed E-state index contributed by atoms with van der Waals surface area (Å²) < 4.78 is 12.0. The van der Waals surface area contributed by atoms with E-state index in [0.717, 1.165) is 22.5 Å². The highest BCUT2D eigenvalue weighted by molar-refractivity contribution is 7.18. The number of carbonyl (C=O) groups is 1. The molecular weight excluding hydrogens is 374 g/mol. The van der Waals surface area contributed by atoms with E-state index in [1.807, 2.05) is 48.3 Å². The van der Waals surface area contributed by atoms with Gasteiger partial charge in [0, 0.05) is 25.1 Å². The van der Waals surface area contributed by atoms with Crippen molar-refractivity contribution in [2.24, 2.45) is 0 Å². The van der Waals surface area contributed by atoms with Crippen molar-refractivity contribution in [3.63, 3.8) is 0 Å². The monoisotopic (exact) mass is 399 g/mol. The van der Waals surface area contributed by atoms with Gasteiger partial charge in [0.05, 0.1) is 36.0 Å². The topological polar surface area (TPSA) is 63.7 Å². The molecule has 0 saturated carbocycles. The molecule has 1 amide bonds. The Morgan fingerprint density at radius 1 is 1.14 bits per heavy atom. The maximum atomic E-state index is 12.3. The lowest BCUT2D eigenvalue weighted by Gasteiger charge is -2.19. The molecule has 0 saturated heterocycles. The van der Waals surface area contributed by atoms with Crippen molar-refractivity contribution < 1.29 is 14.3 Å². The van der Waals surface area contributed by atoms with Crippen molar-refractivity contribution in [2.75, 3.05) is 34.4 Å². The average molecular weight is 400 g/mol. The van der Waals surface area contributed by atoms with Crippen LogP contribution in [0, 0.1) is 0 Å². The van der Waals surface area contributed by atoms with E-state index in [9.17, 15) is 4.79 Å². The zero-order valence-electron chi connectivity index (χ0n) is 16.4. The number of carbonyl (C=O) groups excluding carboxylic acids is 1. The number of para-hydroxylation sites is 2. The van der Waals surface area contributed by atoms with E-state index < -0.39 is 0 Å². The molecule has 0 aliphatic rings. The maximum absolute atomic E-state index is 12.3. The van der Waals surface area contributed by atoms with Gasteiger partial charge < -0.3 is 14.8 Å². The van der Waals surface area contributed by atoms with Crippen LogP contribution in [0.15, 0.2) is 42.5 Å². The van der Waals surface area contributed by atoms with Gasteiger partial charge in [-0.25, -0.2) is 4.98 Å². The third-order valence-electron chi connectivity index (χ3n) is 4.34. The molecule has 0 radical (unpaired) electrons. The molecule has 28 heavy (non-hydrogen) atoms. The van der Waals surface area contributed by atoms with Crippen LogP contribution in [0.1, 0.15) is 10.6 Å². The Morgan fingerprint density at radius 3 is 2.71 bits per heavy atom. The van der Waals surface area contributed by atoms with Crippen LogP contribution in [0.25, 0.3) is 10.2 Å². The van der Waals surface area contributed by atoms with Gasteiger partial charge in [-0.15, -0.1) is 11.3 Å². The van der Waals surface area contributed by atoms with Gasteiger partial charge >= 0.3 is 0 Å². The molecule has 3 rings (SSSR count). The highest BCUT2D eigenvalue weighted by atomic mass is 32.1. The Labute approximate surface area is 169 Å². The quantitative estimate of drug-likeness (QED) is 0.599. The van der Waals surface area contributed by atoms with Crippen molar-refractivity contribution in [2.45, 2.75) is 13.0 Å². The van der Waals surface area contributed by atoms with Gasteiger partial charge in [-0.1, -0.05) is 24.3 Å². The Kier molecular flexibility index (Phi) is 6.84. The lowest BCUT2D eigenvalue weighted by molar-refractivity contribution is -0.122. The van der Waals surface area contributed by atoms with Crippen LogP contribution in [-0.4, -0.2) is 50.1 Å². The Hall–Kier alpha value is -2.64. The first-order valence-electron chi connectivity index (χ1n) is 9.10. The first kappa shape index (κ1) is 20.1. The molecule has 0 spiro atoms. The van der Waals surface area contributed by atoms with Gasteiger partial charge in [-0.2, -0.15) is 0 Å². The zero-order valence-corrected chi connectivity index (χ0v) is 17.2. The normalized spacial score (nSPS) is 11.0. The molecule has 1 N–H and O–H groups in total. The number of methoxy groups -OCH3 is 2. The standard InChI is InChI=1S/C21H25N3O3S/c1-24(13-15-7-6-9-17(26-2)21(15)27-3)14-19(25)22-12-11-20-23-16-8-4-5-10-18(16)28-20/h4-10H,11-14H2,1-3H3,(H,22,25). The van der Waals surface area contributed by atoms with E-state index in [2.05, 4.69) is 16.4 Å². The highest BCUT2D eigenvalue weighted by Gasteiger charge is 2.13. The summed E-state index contributed by atoms with van der Waals surface area (Å²) in [5, 5.41) is 4.01. The van der Waals surface area contributed by atoms with Gasteiger partial charge in [0.15, 0.2) is 11.5 Å². The first-order chi connectivity index (χ1) is 13.6. The number of fused-ring (bicyclic) bond motifs is 1. The van der Waals surface area contributed by atoms with Crippen LogP contribution >= 0.6 is 11.3 Å². The smallest absolute Gasteiger partial charge is 0.234 e. The van der Waals surface area contributed by atoms with Crippen LogP contribution < -0.4 is 14.8 Å². The minimum Gasteiger partial charge on any atom is -0.493 e. The summed E-state index contributed by atoms with van der Waals surface area (Å²) in [6.45, 7) is 1.47. The summed E-state index contributed by atoms with van der Waals surface area (Å²) in [7, 11) is 5.15. The lowest BCUT2D eigenvalue weighted by atomic mass is 10.1. The number of benzene rings is 2. The maximum Gasteiger partial charge on any atom is 0.234 e. The molecule has 0 fully saturated rings. The fraction of sp³-hybridized carbons (Fsp3) is 0.333. The molecule has 7 heteroatoms. The number of hydrogen-bond donors (Lipinski definition) is 1. The molecule has 0 bridgehead atoms. The van der Waals surface area contributed by atoms with Gasteiger partial charge in [-0.3, -0.25) is 9.69 Å². The highest BCUT2D eigenvalue weighted by Crippen LogP contribution is 2.31. The largest absolute Gasteiger partial charge is 0.493 e. The first-order valence-corrected chi connectivity index (χ1v) is 9.92. The second-order valence-corrected chi connectivity index (χ2v) is 7.62. The Morgan fingerprint density at radius 2 is 1.96 bits per heavy atom. The van der Waals surface area contributed by atoms with Crippen LogP contribution in [-0.2, 0) is 17.8 Å². The molecule has 6 nitrogen and oxygen atoms in total. The zero-order chi connectivity index (χ0) is 19.9. The van der Waals surface area contributed by atoms with E-state index in [0.29, 0.717) is 31.1 Å². The summed E-state index contributed by atoms with van der Waals surface area (Å²) in [5.41, 5.74) is 1.99. The second-order valence-electron chi connectivity index (χ2n) is 6.50. The fourth-order valence-electron chi connectivity index (χ4n) is 3.06. The molecule has 1 aromatic heterocycles. The number of amides is 1. The van der Waals surface area contributed by atoms with Gasteiger partial charge in [0.2, 0.25) is 5.91 Å². The molecule has 0 aliphatic carbocycles. The van der Waals surface area contributed by atoms with E-state index in [-0.39, 0.29) is 5.91 Å². The molecule has 0 atom stereocenters. The number of likely N-dealkylation sites (N-methyl/N-ethyl adjacent to an activating group) is 1. The van der Waals surface area contributed by atoms with Crippen molar-refractivity contribution >= 4 is 27.5 Å². The van der Waals surface area contributed by atoms with Crippen molar-refractivity contribution in [1.82, 2.24) is 15.2 Å². The minimum absolute atomic E-state index is 0.00882. The predicted molar refractivity (Wildman–Crippen MR) is 112 cm³/mol. The van der Waals surface area contributed by atoms with E-state index in [4.69, 9.17) is 9.47 Å². The van der Waals surface area contributed by atoms with Gasteiger partial charge in [-0.05, 0) is 25.2 Å². The molecule has 0 aliphatic heterocycles. The number of rotatable bonds is 9. The minimum atomic E-state index is -0.00882. The average Bonchev–Trinajstić information content (AvgIpc) is 3.10. The fourth-order valence-corrected chi connectivity index (χ4v) is 4.03. The van der Waals surface area contributed by atoms with Crippen LogP contribution in [0.5, 0.6) is 11.5 Å². The van der Waals surface area contributed by atoms with Crippen LogP contribution in [0.2, 0.25) is 0 Å². The van der Waals surface area contributed by atoms with E-state index in [1.165, 1.54) is 4.70 Å². The summed E-state index contributed by atoms with van der Waals surface area (Å²) in [6.07, 6.45) is 0.735. The Bertz CT molecular complexity index is 909. The lowest BCUT2D eigenvalue weighted by Crippen LogP contribution is -2.35. The predicted octanol–water partition coefficient (Wildman–Crippen LogP) is 3.10. The number of nitrogens with zero attached hydrogens (tertiary/aromatic N) is 2. The summed E-state index contributed by atoms with van der Waals surface area (Å²) in [5.74, 6) is 1.38. The van der Waals surface area contributed by atoms with Crippen molar-refractivity contribution in [3.8, 4) is 11.5 Å². The number of nitrogens with one attached hydrogen (secondary N) is 1. The third kappa shape index (κ3) is 4.99. The SMILES string of the molecule is COc1cccc(CN(C)CC(=O)NCCc2nc3ccccc3s2)c1OC. The second kappa shape index (κ2) is 9.52. The summed E-state index contributed by atoms with van der Waals surface area (Å²) >= 11 is 1.67. The van der Waals surface area contributed by atoms with Crippen LogP contribution in [0.4, 0.5) is 0 Å². The summed E-state index contributed by atoms with van der Waals surface area (Å²) in [6, 6.07) is 13.8. The molecule has 3 aromatic rings. The number of thiazole rings is 1. The van der Waals surface area contributed by atoms with Gasteiger partial charge in [0.1, 0.15) is 0 Å². The molecule has 148 valence electrons. The van der Waals surface area contributed by atoms with Crippen molar-refractivity contribution in [1.29, 1.82) is 0 Å². The van der Waals surface area contributed by atoms with E-state index in [1.54, 1.807) is 25.6 Å². The third-order valence-corrected chi connectivity index (χ3v) is 5.43. The number of ether oxygens (including phenoxy) is 2. The molecule has 1 heterocycles. The van der Waals surface area contributed by atoms with Gasteiger partial charge in [0.25, 0.3) is 0 Å². The van der Waals surface area contributed by atoms with E-state index >= 15 is 0 Å². The molecular formula is C21H25N3O3S. The number of hydrogen-bond acceptors (Lipinski definition) is 6. The molecule has 0 unspecified atom stereocenters. The Balaban J connectivity index is 1.48. The molecule has 2 aromatic carbocycles. The van der Waals surface area contributed by atoms with Crippen molar-refractivity contribution in [3.05, 3.63) is 53.0 Å². The van der Waals surface area contributed by atoms with Crippen LogP contribution in [0.3, 0.4) is 0 Å². The summed E-state index contributed by atoms with van der Waals surface area (Å²) in [4.78, 5) is 18.8. The number of aromatic nitrogens is 1.